The third-order valence-corrected chi connectivity index (χ3v) is 5.11. The molecule has 1 aromatic heterocycles. The number of aryl methyl sites for hydroxylation is 1. The maximum absolute atomic E-state index is 12.8. The summed E-state index contributed by atoms with van der Waals surface area (Å²) in [6.45, 7) is 4.42. The Kier molecular flexibility index (Phi) is 5.73. The van der Waals surface area contributed by atoms with Gasteiger partial charge < -0.3 is 4.90 Å². The SMILES string of the molecule is Cc1nnc(SC(C)C(=O)N(C)Cc2ccccc2)n1-c1ccccc1. The van der Waals surface area contributed by atoms with Crippen LogP contribution in [0.2, 0.25) is 0 Å². The number of nitrogens with zero attached hydrogens (tertiary/aromatic N) is 4. The Morgan fingerprint density at radius 2 is 1.69 bits per heavy atom. The van der Waals surface area contributed by atoms with Gasteiger partial charge in [0.15, 0.2) is 5.16 Å². The van der Waals surface area contributed by atoms with Crippen LogP contribution in [-0.2, 0) is 11.3 Å². The van der Waals surface area contributed by atoms with E-state index in [1.165, 1.54) is 11.8 Å². The Morgan fingerprint density at radius 3 is 2.35 bits per heavy atom. The number of carbonyl (C=O) groups is 1. The number of amides is 1. The lowest BCUT2D eigenvalue weighted by Crippen LogP contribution is -2.32. The van der Waals surface area contributed by atoms with E-state index in [9.17, 15) is 4.79 Å². The molecule has 3 aromatic rings. The summed E-state index contributed by atoms with van der Waals surface area (Å²) in [5.41, 5.74) is 2.11. The van der Waals surface area contributed by atoms with E-state index < -0.39 is 0 Å². The Balaban J connectivity index is 1.72. The molecule has 0 aliphatic heterocycles. The van der Waals surface area contributed by atoms with Gasteiger partial charge in [-0.05, 0) is 31.5 Å². The second kappa shape index (κ2) is 8.19. The highest BCUT2D eigenvalue weighted by Gasteiger charge is 2.22. The van der Waals surface area contributed by atoms with Crippen LogP contribution in [0, 0.1) is 6.92 Å². The standard InChI is InChI=1S/C20H22N4OS/c1-15(19(25)23(3)14-17-10-6-4-7-11-17)26-20-22-21-16(2)24(20)18-12-8-5-9-13-18/h4-13,15H,14H2,1-3H3. The van der Waals surface area contributed by atoms with Gasteiger partial charge in [-0.15, -0.1) is 10.2 Å². The lowest BCUT2D eigenvalue weighted by atomic mass is 10.2. The van der Waals surface area contributed by atoms with Gasteiger partial charge in [0.25, 0.3) is 0 Å². The lowest BCUT2D eigenvalue weighted by molar-refractivity contribution is -0.129. The average Bonchev–Trinajstić information content (AvgIpc) is 3.02. The number of thioether (sulfide) groups is 1. The number of hydrogen-bond donors (Lipinski definition) is 0. The number of aromatic nitrogens is 3. The average molecular weight is 366 g/mol. The van der Waals surface area contributed by atoms with Crippen molar-refractivity contribution in [3.63, 3.8) is 0 Å². The molecule has 6 heteroatoms. The highest BCUT2D eigenvalue weighted by Crippen LogP contribution is 2.26. The van der Waals surface area contributed by atoms with Crippen LogP contribution in [0.4, 0.5) is 0 Å². The van der Waals surface area contributed by atoms with Gasteiger partial charge in [-0.1, -0.05) is 60.3 Å². The van der Waals surface area contributed by atoms with Crippen molar-refractivity contribution >= 4 is 17.7 Å². The highest BCUT2D eigenvalue weighted by molar-refractivity contribution is 8.00. The molecule has 1 amide bonds. The smallest absolute Gasteiger partial charge is 0.235 e. The Morgan fingerprint density at radius 1 is 1.08 bits per heavy atom. The molecule has 0 fully saturated rings. The van der Waals surface area contributed by atoms with Crippen LogP contribution < -0.4 is 0 Å². The monoisotopic (exact) mass is 366 g/mol. The first-order valence-corrected chi connectivity index (χ1v) is 9.37. The largest absolute Gasteiger partial charge is 0.340 e. The minimum atomic E-state index is -0.255. The minimum absolute atomic E-state index is 0.0686. The minimum Gasteiger partial charge on any atom is -0.340 e. The van der Waals surface area contributed by atoms with Gasteiger partial charge in [-0.25, -0.2) is 0 Å². The molecule has 0 aliphatic rings. The summed E-state index contributed by atoms with van der Waals surface area (Å²) in [5.74, 6) is 0.870. The molecule has 1 heterocycles. The number of hydrogen-bond acceptors (Lipinski definition) is 4. The molecule has 0 aliphatic carbocycles. The molecule has 0 saturated carbocycles. The fourth-order valence-electron chi connectivity index (χ4n) is 2.75. The molecule has 0 N–H and O–H groups in total. The first-order valence-electron chi connectivity index (χ1n) is 8.49. The predicted molar refractivity (Wildman–Crippen MR) is 104 cm³/mol. The molecule has 0 saturated heterocycles. The molecule has 0 radical (unpaired) electrons. The van der Waals surface area contributed by atoms with E-state index in [-0.39, 0.29) is 11.2 Å². The van der Waals surface area contributed by atoms with Crippen molar-refractivity contribution in [3.05, 3.63) is 72.1 Å². The summed E-state index contributed by atoms with van der Waals surface area (Å²) < 4.78 is 1.98. The normalized spacial score (nSPS) is 12.0. The fourth-order valence-corrected chi connectivity index (χ4v) is 3.78. The van der Waals surface area contributed by atoms with Gasteiger partial charge in [-0.2, -0.15) is 0 Å². The van der Waals surface area contributed by atoms with Crippen LogP contribution in [0.25, 0.3) is 5.69 Å². The maximum Gasteiger partial charge on any atom is 0.235 e. The van der Waals surface area contributed by atoms with E-state index in [1.807, 2.05) is 86.1 Å². The van der Waals surface area contributed by atoms with Gasteiger partial charge in [0.05, 0.1) is 5.25 Å². The maximum atomic E-state index is 12.8. The van der Waals surface area contributed by atoms with Gasteiger partial charge in [-0.3, -0.25) is 9.36 Å². The summed E-state index contributed by atoms with van der Waals surface area (Å²) in [5, 5.41) is 8.92. The molecular weight excluding hydrogens is 344 g/mol. The van der Waals surface area contributed by atoms with Crippen molar-refractivity contribution in [2.24, 2.45) is 0 Å². The van der Waals surface area contributed by atoms with Crippen LogP contribution in [0.3, 0.4) is 0 Å². The van der Waals surface area contributed by atoms with Crippen molar-refractivity contribution in [2.45, 2.75) is 30.8 Å². The number of rotatable bonds is 6. The first kappa shape index (κ1) is 18.2. The quantitative estimate of drug-likeness (QED) is 0.624. The third kappa shape index (κ3) is 4.14. The first-order chi connectivity index (χ1) is 12.6. The number of para-hydroxylation sites is 1. The topological polar surface area (TPSA) is 51.0 Å². The van der Waals surface area contributed by atoms with Crippen LogP contribution >= 0.6 is 11.8 Å². The molecule has 5 nitrogen and oxygen atoms in total. The van der Waals surface area contributed by atoms with Crippen molar-refractivity contribution in [1.29, 1.82) is 0 Å². The van der Waals surface area contributed by atoms with E-state index in [0.29, 0.717) is 6.54 Å². The fraction of sp³-hybridized carbons (Fsp3) is 0.250. The van der Waals surface area contributed by atoms with E-state index in [0.717, 1.165) is 22.2 Å². The van der Waals surface area contributed by atoms with Gasteiger partial charge >= 0.3 is 0 Å². The van der Waals surface area contributed by atoms with Crippen molar-refractivity contribution in [1.82, 2.24) is 19.7 Å². The summed E-state index contributed by atoms with van der Waals surface area (Å²) in [4.78, 5) is 14.5. The molecule has 1 atom stereocenters. The molecule has 2 aromatic carbocycles. The predicted octanol–water partition coefficient (Wildman–Crippen LogP) is 3.71. The summed E-state index contributed by atoms with van der Waals surface area (Å²) in [7, 11) is 1.83. The van der Waals surface area contributed by atoms with Crippen LogP contribution in [0.1, 0.15) is 18.3 Å². The molecular formula is C20H22N4OS. The van der Waals surface area contributed by atoms with Gasteiger partial charge in [0.2, 0.25) is 5.91 Å². The molecule has 0 bridgehead atoms. The summed E-state index contributed by atoms with van der Waals surface area (Å²) in [6.07, 6.45) is 0. The summed E-state index contributed by atoms with van der Waals surface area (Å²) in [6, 6.07) is 19.9. The zero-order valence-electron chi connectivity index (χ0n) is 15.2. The Bertz CT molecular complexity index is 864. The number of benzene rings is 2. The van der Waals surface area contributed by atoms with E-state index in [4.69, 9.17) is 0 Å². The van der Waals surface area contributed by atoms with Crippen LogP contribution in [-0.4, -0.2) is 37.9 Å². The highest BCUT2D eigenvalue weighted by atomic mass is 32.2. The third-order valence-electron chi connectivity index (χ3n) is 4.08. The molecule has 1 unspecified atom stereocenters. The Hall–Kier alpha value is -2.60. The second-order valence-corrected chi connectivity index (χ2v) is 7.45. The van der Waals surface area contributed by atoms with Crippen LogP contribution in [0.15, 0.2) is 65.8 Å². The van der Waals surface area contributed by atoms with Gasteiger partial charge in [0, 0.05) is 19.3 Å². The summed E-state index contributed by atoms with van der Waals surface area (Å²) >= 11 is 1.43. The molecule has 134 valence electrons. The zero-order chi connectivity index (χ0) is 18.5. The van der Waals surface area contributed by atoms with Crippen molar-refractivity contribution in [3.8, 4) is 5.69 Å². The van der Waals surface area contributed by atoms with E-state index >= 15 is 0 Å². The van der Waals surface area contributed by atoms with Gasteiger partial charge in [0.1, 0.15) is 5.82 Å². The molecule has 26 heavy (non-hydrogen) atoms. The Labute approximate surface area is 158 Å². The van der Waals surface area contributed by atoms with Crippen molar-refractivity contribution in [2.75, 3.05) is 7.05 Å². The molecule has 0 spiro atoms. The molecule has 3 rings (SSSR count). The number of carbonyl (C=O) groups excluding carboxylic acids is 1. The lowest BCUT2D eigenvalue weighted by Gasteiger charge is -2.21. The van der Waals surface area contributed by atoms with Crippen LogP contribution in [0.5, 0.6) is 0 Å². The van der Waals surface area contributed by atoms with Crippen molar-refractivity contribution < 1.29 is 4.79 Å². The van der Waals surface area contributed by atoms with E-state index in [1.54, 1.807) is 4.90 Å². The zero-order valence-corrected chi connectivity index (χ0v) is 16.0. The van der Waals surface area contributed by atoms with E-state index in [2.05, 4.69) is 10.2 Å². The second-order valence-electron chi connectivity index (χ2n) is 6.14.